The maximum Gasteiger partial charge on any atom is 0.357 e. The van der Waals surface area contributed by atoms with E-state index in [-0.39, 0.29) is 13.2 Å². The van der Waals surface area contributed by atoms with E-state index in [4.69, 9.17) is 9.47 Å². The van der Waals surface area contributed by atoms with Gasteiger partial charge in [-0.2, -0.15) is 0 Å². The largest absolute Gasteiger partial charge is 0.488 e. The average Bonchev–Trinajstić information content (AvgIpc) is 2.43. The minimum absolute atomic E-state index is 0.154. The highest BCUT2D eigenvalue weighted by molar-refractivity contribution is 9.10. The van der Waals surface area contributed by atoms with Crippen LogP contribution in [-0.2, 0) is 4.74 Å². The number of aryl methyl sites for hydroxylation is 1. The Kier molecular flexibility index (Phi) is 5.06. The van der Waals surface area contributed by atoms with Crippen LogP contribution < -0.4 is 4.74 Å². The minimum Gasteiger partial charge on any atom is -0.488 e. The van der Waals surface area contributed by atoms with E-state index in [0.29, 0.717) is 11.4 Å². The zero-order chi connectivity index (χ0) is 14.4. The van der Waals surface area contributed by atoms with Crippen molar-refractivity contribution in [3.05, 3.63) is 52.5 Å². The summed E-state index contributed by atoms with van der Waals surface area (Å²) in [5.74, 6) is 0.161. The average molecular weight is 337 g/mol. The molecule has 0 atom stereocenters. The second-order valence-corrected chi connectivity index (χ2v) is 4.90. The van der Waals surface area contributed by atoms with E-state index in [9.17, 15) is 4.79 Å². The quantitative estimate of drug-likeness (QED) is 0.620. The van der Waals surface area contributed by atoms with Crippen molar-refractivity contribution in [2.45, 2.75) is 6.92 Å². The molecule has 0 unspecified atom stereocenters. The maximum absolute atomic E-state index is 11.7. The first-order valence-corrected chi connectivity index (χ1v) is 6.78. The maximum atomic E-state index is 11.7. The van der Waals surface area contributed by atoms with Gasteiger partial charge in [0.1, 0.15) is 24.7 Å². The first kappa shape index (κ1) is 14.5. The molecule has 20 heavy (non-hydrogen) atoms. The molecule has 0 bridgehead atoms. The smallest absolute Gasteiger partial charge is 0.357 e. The summed E-state index contributed by atoms with van der Waals surface area (Å²) in [7, 11) is 0. The van der Waals surface area contributed by atoms with Crippen molar-refractivity contribution in [2.75, 3.05) is 13.2 Å². The summed E-state index contributed by atoms with van der Waals surface area (Å²) in [6, 6.07) is 6.99. The van der Waals surface area contributed by atoms with Gasteiger partial charge in [-0.1, -0.05) is 6.07 Å². The van der Waals surface area contributed by atoms with Crippen LogP contribution in [0, 0.1) is 6.92 Å². The number of halogens is 1. The van der Waals surface area contributed by atoms with Crippen molar-refractivity contribution in [2.24, 2.45) is 0 Å². The molecule has 2 rings (SSSR count). The molecule has 0 fully saturated rings. The van der Waals surface area contributed by atoms with Crippen molar-refractivity contribution in [1.29, 1.82) is 0 Å². The molecule has 0 saturated carbocycles. The second-order valence-electron chi connectivity index (χ2n) is 3.99. The van der Waals surface area contributed by atoms with Gasteiger partial charge in [-0.05, 0) is 41.1 Å². The van der Waals surface area contributed by atoms with Gasteiger partial charge < -0.3 is 9.47 Å². The number of hydrogen-bond acceptors (Lipinski definition) is 5. The summed E-state index contributed by atoms with van der Waals surface area (Å²) < 4.78 is 11.3. The number of hydrogen-bond donors (Lipinski definition) is 0. The third-order valence-electron chi connectivity index (χ3n) is 2.36. The Morgan fingerprint density at radius 2 is 2.15 bits per heavy atom. The summed E-state index contributed by atoms with van der Waals surface area (Å²) in [6.07, 6.45) is 3.25. The SMILES string of the molecule is Cc1cccc(C(=O)OCCOc2cncc(Br)c2)n1. The predicted octanol–water partition coefficient (Wildman–Crippen LogP) is 2.78. The summed E-state index contributed by atoms with van der Waals surface area (Å²) >= 11 is 3.30. The van der Waals surface area contributed by atoms with Crippen molar-refractivity contribution in [1.82, 2.24) is 9.97 Å². The molecule has 0 saturated heterocycles. The van der Waals surface area contributed by atoms with Crippen molar-refractivity contribution < 1.29 is 14.3 Å². The van der Waals surface area contributed by atoms with E-state index < -0.39 is 5.97 Å². The van der Waals surface area contributed by atoms with Crippen LogP contribution in [0.2, 0.25) is 0 Å². The first-order chi connectivity index (χ1) is 9.65. The van der Waals surface area contributed by atoms with E-state index in [1.54, 1.807) is 30.6 Å². The molecule has 2 aromatic heterocycles. The van der Waals surface area contributed by atoms with Gasteiger partial charge in [0.15, 0.2) is 0 Å². The van der Waals surface area contributed by atoms with Gasteiger partial charge in [0.25, 0.3) is 0 Å². The molecule has 6 heteroatoms. The molecule has 0 amide bonds. The topological polar surface area (TPSA) is 61.3 Å². The first-order valence-electron chi connectivity index (χ1n) is 5.99. The Hall–Kier alpha value is -1.95. The van der Waals surface area contributed by atoms with E-state index in [1.807, 2.05) is 13.0 Å². The van der Waals surface area contributed by atoms with Crippen LogP contribution in [0.15, 0.2) is 41.1 Å². The molecule has 5 nitrogen and oxygen atoms in total. The second kappa shape index (κ2) is 7.00. The van der Waals surface area contributed by atoms with Gasteiger partial charge in [-0.25, -0.2) is 9.78 Å². The van der Waals surface area contributed by atoms with Crippen molar-refractivity contribution in [3.8, 4) is 5.75 Å². The number of rotatable bonds is 5. The summed E-state index contributed by atoms with van der Waals surface area (Å²) in [4.78, 5) is 19.8. The van der Waals surface area contributed by atoms with Gasteiger partial charge in [0.05, 0.1) is 6.20 Å². The molecule has 2 aromatic rings. The van der Waals surface area contributed by atoms with Crippen LogP contribution in [0.1, 0.15) is 16.2 Å². The highest BCUT2D eigenvalue weighted by atomic mass is 79.9. The predicted molar refractivity (Wildman–Crippen MR) is 76.7 cm³/mol. The van der Waals surface area contributed by atoms with Crippen LogP contribution >= 0.6 is 15.9 Å². The highest BCUT2D eigenvalue weighted by Crippen LogP contribution is 2.15. The molecule has 0 radical (unpaired) electrons. The zero-order valence-corrected chi connectivity index (χ0v) is 12.5. The van der Waals surface area contributed by atoms with E-state index in [0.717, 1.165) is 10.2 Å². The standard InChI is InChI=1S/C14H13BrN2O3/c1-10-3-2-4-13(17-10)14(18)20-6-5-19-12-7-11(15)8-16-9-12/h2-4,7-9H,5-6H2,1H3. The number of carbonyl (C=O) groups is 1. The normalized spacial score (nSPS) is 10.1. The molecule has 0 spiro atoms. The zero-order valence-electron chi connectivity index (χ0n) is 10.9. The molecule has 0 N–H and O–H groups in total. The van der Waals surface area contributed by atoms with Crippen molar-refractivity contribution >= 4 is 21.9 Å². The van der Waals surface area contributed by atoms with E-state index in [2.05, 4.69) is 25.9 Å². The Balaban J connectivity index is 1.77. The number of esters is 1. The lowest BCUT2D eigenvalue weighted by Crippen LogP contribution is -2.13. The third-order valence-corrected chi connectivity index (χ3v) is 2.80. The lowest BCUT2D eigenvalue weighted by atomic mass is 10.3. The monoisotopic (exact) mass is 336 g/mol. The summed E-state index contributed by atoms with van der Waals surface area (Å²) in [5, 5.41) is 0. The van der Waals surface area contributed by atoms with Crippen molar-refractivity contribution in [3.63, 3.8) is 0 Å². The lowest BCUT2D eigenvalue weighted by Gasteiger charge is -2.07. The molecule has 0 aliphatic rings. The number of aromatic nitrogens is 2. The number of carbonyl (C=O) groups excluding carboxylic acids is 1. The number of pyridine rings is 2. The molecular formula is C14H13BrN2O3. The van der Waals surface area contributed by atoms with Crippen LogP contribution in [-0.4, -0.2) is 29.2 Å². The van der Waals surface area contributed by atoms with E-state index >= 15 is 0 Å². The lowest BCUT2D eigenvalue weighted by molar-refractivity contribution is 0.0443. The molecule has 0 aliphatic carbocycles. The molecule has 2 heterocycles. The van der Waals surface area contributed by atoms with Gasteiger partial charge in [-0.3, -0.25) is 4.98 Å². The highest BCUT2D eigenvalue weighted by Gasteiger charge is 2.08. The molecule has 104 valence electrons. The third kappa shape index (κ3) is 4.31. The Morgan fingerprint density at radius 1 is 1.30 bits per heavy atom. The van der Waals surface area contributed by atoms with Gasteiger partial charge in [0, 0.05) is 16.4 Å². The van der Waals surface area contributed by atoms with Crippen LogP contribution in [0.5, 0.6) is 5.75 Å². The van der Waals surface area contributed by atoms with Crippen LogP contribution in [0.25, 0.3) is 0 Å². The molecule has 0 aliphatic heterocycles. The Bertz CT molecular complexity index is 604. The van der Waals surface area contributed by atoms with Gasteiger partial charge in [-0.15, -0.1) is 0 Å². The fraction of sp³-hybridized carbons (Fsp3) is 0.214. The molecule has 0 aromatic carbocycles. The molecular weight excluding hydrogens is 324 g/mol. The minimum atomic E-state index is -0.454. The summed E-state index contributed by atoms with van der Waals surface area (Å²) in [5.41, 5.74) is 1.07. The summed E-state index contributed by atoms with van der Waals surface area (Å²) in [6.45, 7) is 2.23. The van der Waals surface area contributed by atoms with Gasteiger partial charge >= 0.3 is 5.97 Å². The fourth-order valence-corrected chi connectivity index (χ4v) is 1.84. The van der Waals surface area contributed by atoms with E-state index in [1.165, 1.54) is 0 Å². The Morgan fingerprint density at radius 3 is 2.90 bits per heavy atom. The number of ether oxygens (including phenoxy) is 2. The van der Waals surface area contributed by atoms with Crippen LogP contribution in [0.3, 0.4) is 0 Å². The van der Waals surface area contributed by atoms with Gasteiger partial charge in [0.2, 0.25) is 0 Å². The van der Waals surface area contributed by atoms with Crippen LogP contribution in [0.4, 0.5) is 0 Å². The number of nitrogens with zero attached hydrogens (tertiary/aromatic N) is 2. The fourth-order valence-electron chi connectivity index (χ4n) is 1.50. The Labute approximate surface area is 125 Å².